The van der Waals surface area contributed by atoms with E-state index in [2.05, 4.69) is 35.4 Å². The smallest absolute Gasteiger partial charge is 0.254 e. The summed E-state index contributed by atoms with van der Waals surface area (Å²) in [5, 5.41) is 25.3. The molecule has 1 amide bonds. The van der Waals surface area contributed by atoms with Crippen LogP contribution in [-0.2, 0) is 6.54 Å². The maximum atomic E-state index is 13.2. The number of H-pyrrole nitrogens is 1. The Labute approximate surface area is 150 Å². The zero-order chi connectivity index (χ0) is 18.5. The van der Waals surface area contributed by atoms with Gasteiger partial charge in [0.05, 0.1) is 29.0 Å². The summed E-state index contributed by atoms with van der Waals surface area (Å²) in [5.74, 6) is -1.12. The Morgan fingerprint density at radius 3 is 2.96 bits per heavy atom. The highest BCUT2D eigenvalue weighted by molar-refractivity contribution is 6.31. The number of amides is 1. The van der Waals surface area contributed by atoms with E-state index in [4.69, 9.17) is 11.6 Å². The summed E-state index contributed by atoms with van der Waals surface area (Å²) >= 11 is 5.70. The monoisotopic (exact) mass is 379 g/mol. The van der Waals surface area contributed by atoms with Gasteiger partial charge in [-0.2, -0.15) is 5.10 Å². The van der Waals surface area contributed by atoms with Gasteiger partial charge < -0.3 is 5.32 Å². The molecule has 10 nitrogen and oxygen atoms in total. The topological polar surface area (TPSA) is 141 Å². The van der Waals surface area contributed by atoms with Gasteiger partial charge in [-0.05, 0) is 23.4 Å². The Morgan fingerprint density at radius 2 is 2.27 bits per heavy atom. The molecule has 0 radical (unpaired) electrons. The number of nitrogens with zero attached hydrogens (tertiary/aromatic N) is 4. The van der Waals surface area contributed by atoms with Crippen molar-refractivity contribution in [1.29, 1.82) is 0 Å². The summed E-state index contributed by atoms with van der Waals surface area (Å²) in [6.07, 6.45) is 2.79. The highest BCUT2D eigenvalue weighted by atomic mass is 35.5. The number of carbonyl (C=O) groups is 1. The Morgan fingerprint density at radius 1 is 1.42 bits per heavy atom. The van der Waals surface area contributed by atoms with Crippen molar-refractivity contribution in [3.63, 3.8) is 0 Å². The van der Waals surface area contributed by atoms with Crippen LogP contribution in [0.4, 0.5) is 10.1 Å². The molecule has 0 aliphatic carbocycles. The first kappa shape index (κ1) is 17.5. The molecule has 0 spiro atoms. The third kappa shape index (κ3) is 3.84. The van der Waals surface area contributed by atoms with Gasteiger partial charge in [-0.25, -0.2) is 14.0 Å². The van der Waals surface area contributed by atoms with Crippen LogP contribution in [-0.4, -0.2) is 37.5 Å². The number of hydrogen-bond donors (Lipinski definition) is 4. The van der Waals surface area contributed by atoms with E-state index in [9.17, 15) is 14.4 Å². The van der Waals surface area contributed by atoms with Crippen LogP contribution in [0.3, 0.4) is 0 Å². The molecular weight excluding hydrogens is 369 g/mol. The molecule has 3 rings (SSSR count). The van der Waals surface area contributed by atoms with Gasteiger partial charge in [0.15, 0.2) is 11.5 Å². The standard InChI is InChI=1S/C14H11ClFN7O3/c15-9-3-8(1-2-10(9)16)20-13(21-25)12-11(22-26-23-12)6-17-14(24)7-4-18-19-5-7/h1-5,25H,6H2,(H,17,24)(H,18,19)(H,20,21). The van der Waals surface area contributed by atoms with Crippen LogP contribution in [0.5, 0.6) is 0 Å². The summed E-state index contributed by atoms with van der Waals surface area (Å²) < 4.78 is 17.9. The summed E-state index contributed by atoms with van der Waals surface area (Å²) in [4.78, 5) is 16.0. The minimum atomic E-state index is -0.602. The zero-order valence-corrected chi connectivity index (χ0v) is 13.7. The molecule has 0 bridgehead atoms. The van der Waals surface area contributed by atoms with Gasteiger partial charge in [-0.3, -0.25) is 20.6 Å². The zero-order valence-electron chi connectivity index (χ0n) is 12.9. The number of aromatic amines is 1. The van der Waals surface area contributed by atoms with Gasteiger partial charge in [0.2, 0.25) is 0 Å². The third-order valence-corrected chi connectivity index (χ3v) is 3.50. The average molecular weight is 380 g/mol. The molecule has 2 heterocycles. The number of amidine groups is 1. The van der Waals surface area contributed by atoms with Crippen molar-refractivity contribution in [2.24, 2.45) is 4.99 Å². The number of nitrogens with one attached hydrogen (secondary N) is 3. The van der Waals surface area contributed by atoms with Crippen molar-refractivity contribution in [3.05, 3.63) is 58.4 Å². The highest BCUT2D eigenvalue weighted by Gasteiger charge is 2.18. The number of hydrogen-bond acceptors (Lipinski definition) is 7. The third-order valence-electron chi connectivity index (χ3n) is 3.21. The molecule has 0 unspecified atom stereocenters. The fourth-order valence-corrected chi connectivity index (χ4v) is 2.13. The lowest BCUT2D eigenvalue weighted by Gasteiger charge is -2.05. The van der Waals surface area contributed by atoms with E-state index in [0.29, 0.717) is 5.56 Å². The number of halogens is 2. The van der Waals surface area contributed by atoms with Gasteiger partial charge in [0.1, 0.15) is 11.5 Å². The number of hydroxylamine groups is 1. The Bertz CT molecular complexity index is 942. The SMILES string of the molecule is O=C(NCc1nonc1C(=Nc1ccc(F)c(Cl)c1)NO)c1cn[nH]c1. The second-order valence-electron chi connectivity index (χ2n) is 4.90. The molecule has 0 saturated heterocycles. The van der Waals surface area contributed by atoms with Crippen LogP contribution < -0.4 is 10.8 Å². The molecule has 3 aromatic rings. The normalized spacial score (nSPS) is 11.4. The minimum Gasteiger partial charge on any atom is -0.346 e. The van der Waals surface area contributed by atoms with E-state index in [0.717, 1.165) is 6.07 Å². The average Bonchev–Trinajstić information content (AvgIpc) is 3.32. The second kappa shape index (κ2) is 7.72. The predicted octanol–water partition coefficient (Wildman–Crippen LogP) is 1.57. The molecule has 0 aliphatic heterocycles. The van der Waals surface area contributed by atoms with E-state index in [1.54, 1.807) is 0 Å². The Kier molecular flexibility index (Phi) is 5.20. The number of aromatic nitrogens is 4. The number of rotatable bonds is 5. The molecule has 0 fully saturated rings. The summed E-state index contributed by atoms with van der Waals surface area (Å²) in [6.45, 7) is -0.0479. The summed E-state index contributed by atoms with van der Waals surface area (Å²) in [7, 11) is 0. The fraction of sp³-hybridized carbons (Fsp3) is 0.0714. The van der Waals surface area contributed by atoms with E-state index < -0.39 is 11.7 Å². The lowest BCUT2D eigenvalue weighted by atomic mass is 10.2. The van der Waals surface area contributed by atoms with Gasteiger partial charge in [-0.1, -0.05) is 16.8 Å². The molecule has 0 atom stereocenters. The van der Waals surface area contributed by atoms with Crippen LogP contribution in [0.25, 0.3) is 0 Å². The van der Waals surface area contributed by atoms with E-state index in [1.807, 2.05) is 5.48 Å². The summed E-state index contributed by atoms with van der Waals surface area (Å²) in [5.41, 5.74) is 2.71. The number of benzene rings is 1. The minimum absolute atomic E-state index is 0.0479. The number of carbonyl (C=O) groups excluding carboxylic acids is 1. The molecule has 0 aliphatic rings. The maximum absolute atomic E-state index is 13.2. The molecule has 2 aromatic heterocycles. The molecule has 0 saturated carbocycles. The molecule has 26 heavy (non-hydrogen) atoms. The second-order valence-corrected chi connectivity index (χ2v) is 5.31. The van der Waals surface area contributed by atoms with E-state index in [1.165, 1.54) is 24.5 Å². The van der Waals surface area contributed by atoms with Crippen LogP contribution >= 0.6 is 11.6 Å². The quantitative estimate of drug-likeness (QED) is 0.299. The molecular formula is C14H11ClFN7O3. The maximum Gasteiger partial charge on any atom is 0.254 e. The first-order valence-corrected chi connectivity index (χ1v) is 7.49. The van der Waals surface area contributed by atoms with Crippen LogP contribution in [0.1, 0.15) is 21.7 Å². The molecule has 12 heteroatoms. The number of aliphatic imine (C=N–C) groups is 1. The largest absolute Gasteiger partial charge is 0.346 e. The molecule has 4 N–H and O–H groups in total. The molecule has 1 aromatic carbocycles. The van der Waals surface area contributed by atoms with E-state index >= 15 is 0 Å². The fourth-order valence-electron chi connectivity index (χ4n) is 1.96. The van der Waals surface area contributed by atoms with Crippen molar-refractivity contribution in [3.8, 4) is 0 Å². The Balaban J connectivity index is 1.79. The van der Waals surface area contributed by atoms with Gasteiger partial charge in [-0.15, -0.1) is 0 Å². The van der Waals surface area contributed by atoms with E-state index in [-0.39, 0.29) is 34.5 Å². The summed E-state index contributed by atoms with van der Waals surface area (Å²) in [6, 6.07) is 3.75. The lowest BCUT2D eigenvalue weighted by Crippen LogP contribution is -2.26. The molecule has 134 valence electrons. The van der Waals surface area contributed by atoms with Gasteiger partial charge >= 0.3 is 0 Å². The first-order chi connectivity index (χ1) is 12.6. The van der Waals surface area contributed by atoms with Crippen molar-refractivity contribution < 1.29 is 19.0 Å². The Hall–Kier alpha value is -3.31. The van der Waals surface area contributed by atoms with Crippen LogP contribution in [0, 0.1) is 5.82 Å². The van der Waals surface area contributed by atoms with Crippen LogP contribution in [0.15, 0.2) is 40.2 Å². The first-order valence-electron chi connectivity index (χ1n) is 7.11. The lowest BCUT2D eigenvalue weighted by molar-refractivity contribution is 0.0950. The van der Waals surface area contributed by atoms with Crippen LogP contribution in [0.2, 0.25) is 5.02 Å². The van der Waals surface area contributed by atoms with Crippen molar-refractivity contribution in [2.75, 3.05) is 0 Å². The van der Waals surface area contributed by atoms with Gasteiger partial charge in [0.25, 0.3) is 5.91 Å². The van der Waals surface area contributed by atoms with Crippen molar-refractivity contribution in [2.45, 2.75) is 6.54 Å². The predicted molar refractivity (Wildman–Crippen MR) is 86.6 cm³/mol. The van der Waals surface area contributed by atoms with Gasteiger partial charge in [0, 0.05) is 6.20 Å². The van der Waals surface area contributed by atoms with Crippen molar-refractivity contribution in [1.82, 2.24) is 31.3 Å². The highest BCUT2D eigenvalue weighted by Crippen LogP contribution is 2.22. The van der Waals surface area contributed by atoms with Crippen molar-refractivity contribution >= 4 is 29.0 Å².